The zero-order valence-electron chi connectivity index (χ0n) is 24.3. The SMILES string of the molecule is c1ccc(-c2ccc(-c3cc(-c4c5ccccc5c(-c5ccccc5)c5ccccc45)ccc3-c3ccccc3)cc2)cc1. The van der Waals surface area contributed by atoms with Crippen molar-refractivity contribution >= 4 is 21.5 Å². The molecule has 0 aliphatic rings. The Labute approximate surface area is 258 Å². The molecule has 0 nitrogen and oxygen atoms in total. The summed E-state index contributed by atoms with van der Waals surface area (Å²) in [6, 6.07) is 65.9. The molecule has 0 N–H and O–H groups in total. The molecule has 0 aliphatic carbocycles. The van der Waals surface area contributed by atoms with Gasteiger partial charge in [0.1, 0.15) is 0 Å². The molecule has 0 amide bonds. The highest BCUT2D eigenvalue weighted by Gasteiger charge is 2.18. The molecule has 0 saturated heterocycles. The predicted octanol–water partition coefficient (Wildman–Crippen LogP) is 12.3. The maximum atomic E-state index is 2.40. The van der Waals surface area contributed by atoms with Crippen LogP contribution >= 0.6 is 0 Å². The normalized spacial score (nSPS) is 11.2. The van der Waals surface area contributed by atoms with Crippen molar-refractivity contribution in [1.82, 2.24) is 0 Å². The molecule has 8 aromatic rings. The van der Waals surface area contributed by atoms with Gasteiger partial charge in [0, 0.05) is 0 Å². The maximum Gasteiger partial charge on any atom is -0.00261 e. The molecule has 0 fully saturated rings. The molecule has 0 spiro atoms. The second-order valence-corrected chi connectivity index (χ2v) is 11.3. The van der Waals surface area contributed by atoms with Crippen molar-refractivity contribution in [1.29, 1.82) is 0 Å². The minimum Gasteiger partial charge on any atom is -0.0622 e. The van der Waals surface area contributed by atoms with Crippen LogP contribution in [0.1, 0.15) is 0 Å². The van der Waals surface area contributed by atoms with Gasteiger partial charge in [-0.05, 0) is 83.2 Å². The van der Waals surface area contributed by atoms with E-state index in [1.54, 1.807) is 0 Å². The summed E-state index contributed by atoms with van der Waals surface area (Å²) in [5.74, 6) is 0. The first kappa shape index (κ1) is 25.9. The molecular weight excluding hydrogens is 528 g/mol. The molecule has 0 heterocycles. The Bertz CT molecular complexity index is 2170. The van der Waals surface area contributed by atoms with Crippen LogP contribution in [0.4, 0.5) is 0 Å². The minimum absolute atomic E-state index is 1.21. The van der Waals surface area contributed by atoms with Gasteiger partial charge in [-0.3, -0.25) is 0 Å². The second-order valence-electron chi connectivity index (χ2n) is 11.3. The van der Waals surface area contributed by atoms with E-state index in [2.05, 4.69) is 182 Å². The molecule has 8 rings (SSSR count). The Morgan fingerprint density at radius 1 is 0.205 bits per heavy atom. The van der Waals surface area contributed by atoms with Crippen LogP contribution in [0.5, 0.6) is 0 Å². The number of hydrogen-bond acceptors (Lipinski definition) is 0. The van der Waals surface area contributed by atoms with E-state index in [0.717, 1.165) is 0 Å². The monoisotopic (exact) mass is 558 g/mol. The van der Waals surface area contributed by atoms with E-state index in [1.807, 2.05) is 0 Å². The molecule has 0 radical (unpaired) electrons. The molecule has 8 aromatic carbocycles. The first-order valence-corrected chi connectivity index (χ1v) is 15.2. The summed E-state index contributed by atoms with van der Waals surface area (Å²) in [5, 5.41) is 5.08. The van der Waals surface area contributed by atoms with Gasteiger partial charge in [0.05, 0.1) is 0 Å². The summed E-state index contributed by atoms with van der Waals surface area (Å²) in [6.07, 6.45) is 0. The lowest BCUT2D eigenvalue weighted by Gasteiger charge is -2.19. The van der Waals surface area contributed by atoms with Crippen molar-refractivity contribution in [3.05, 3.63) is 182 Å². The first-order valence-electron chi connectivity index (χ1n) is 15.2. The molecule has 0 heteroatoms. The lowest BCUT2D eigenvalue weighted by molar-refractivity contribution is 1.56. The van der Waals surface area contributed by atoms with Crippen LogP contribution in [-0.2, 0) is 0 Å². The average molecular weight is 559 g/mol. The third kappa shape index (κ3) is 4.58. The van der Waals surface area contributed by atoms with Crippen LogP contribution in [0, 0.1) is 0 Å². The third-order valence-electron chi connectivity index (χ3n) is 8.69. The summed E-state index contributed by atoms with van der Waals surface area (Å²) >= 11 is 0. The van der Waals surface area contributed by atoms with Crippen molar-refractivity contribution in [3.63, 3.8) is 0 Å². The van der Waals surface area contributed by atoms with Crippen molar-refractivity contribution in [2.75, 3.05) is 0 Å². The van der Waals surface area contributed by atoms with Gasteiger partial charge in [-0.25, -0.2) is 0 Å². The number of rotatable bonds is 5. The summed E-state index contributed by atoms with van der Waals surface area (Å²) in [6.45, 7) is 0. The van der Waals surface area contributed by atoms with Crippen molar-refractivity contribution in [2.24, 2.45) is 0 Å². The van der Waals surface area contributed by atoms with Crippen molar-refractivity contribution in [2.45, 2.75) is 0 Å². The van der Waals surface area contributed by atoms with E-state index in [9.17, 15) is 0 Å². The van der Waals surface area contributed by atoms with Crippen LogP contribution in [0.25, 0.3) is 77.2 Å². The first-order chi connectivity index (χ1) is 21.8. The molecule has 44 heavy (non-hydrogen) atoms. The second kappa shape index (κ2) is 11.2. The lowest BCUT2D eigenvalue weighted by Crippen LogP contribution is -1.92. The van der Waals surface area contributed by atoms with Crippen LogP contribution in [0.2, 0.25) is 0 Å². The van der Waals surface area contributed by atoms with Gasteiger partial charge >= 0.3 is 0 Å². The van der Waals surface area contributed by atoms with Gasteiger partial charge in [0.2, 0.25) is 0 Å². The molecule has 0 saturated carbocycles. The van der Waals surface area contributed by atoms with Gasteiger partial charge in [-0.2, -0.15) is 0 Å². The zero-order valence-corrected chi connectivity index (χ0v) is 24.3. The van der Waals surface area contributed by atoms with E-state index in [1.165, 1.54) is 77.2 Å². The van der Waals surface area contributed by atoms with E-state index in [4.69, 9.17) is 0 Å². The summed E-state index contributed by atoms with van der Waals surface area (Å²) < 4.78 is 0. The fraction of sp³-hybridized carbons (Fsp3) is 0. The highest BCUT2D eigenvalue weighted by molar-refractivity contribution is 6.21. The standard InChI is InChI=1S/C44H30/c1-4-14-31(15-5-1)32-24-26-34(27-25-32)42-30-36(28-29-37(42)33-16-6-2-7-17-33)44-40-22-12-10-20-38(40)43(35-18-8-3-9-19-35)39-21-11-13-23-41(39)44/h1-30H. The lowest BCUT2D eigenvalue weighted by atomic mass is 9.84. The molecule has 0 atom stereocenters. The largest absolute Gasteiger partial charge is 0.0622 e. The van der Waals surface area contributed by atoms with Crippen LogP contribution in [-0.4, -0.2) is 0 Å². The number of fused-ring (bicyclic) bond motifs is 2. The van der Waals surface area contributed by atoms with Crippen LogP contribution < -0.4 is 0 Å². The van der Waals surface area contributed by atoms with Crippen LogP contribution in [0.3, 0.4) is 0 Å². The third-order valence-corrected chi connectivity index (χ3v) is 8.69. The molecule has 0 aromatic heterocycles. The van der Waals surface area contributed by atoms with Gasteiger partial charge in [-0.1, -0.05) is 176 Å². The van der Waals surface area contributed by atoms with Gasteiger partial charge in [0.15, 0.2) is 0 Å². The Balaban J connectivity index is 1.38. The topological polar surface area (TPSA) is 0 Å². The molecule has 206 valence electrons. The molecular formula is C44H30. The van der Waals surface area contributed by atoms with E-state index >= 15 is 0 Å². The Morgan fingerprint density at radius 3 is 1.07 bits per heavy atom. The van der Waals surface area contributed by atoms with Crippen molar-refractivity contribution < 1.29 is 0 Å². The Morgan fingerprint density at radius 2 is 0.545 bits per heavy atom. The predicted molar refractivity (Wildman–Crippen MR) is 189 cm³/mol. The molecule has 0 aliphatic heterocycles. The van der Waals surface area contributed by atoms with Gasteiger partial charge in [-0.15, -0.1) is 0 Å². The van der Waals surface area contributed by atoms with E-state index in [0.29, 0.717) is 0 Å². The summed E-state index contributed by atoms with van der Waals surface area (Å²) in [5.41, 5.74) is 12.4. The van der Waals surface area contributed by atoms with Crippen molar-refractivity contribution in [3.8, 4) is 55.6 Å². The highest BCUT2D eigenvalue weighted by Crippen LogP contribution is 2.45. The summed E-state index contributed by atoms with van der Waals surface area (Å²) in [7, 11) is 0. The van der Waals surface area contributed by atoms with Crippen LogP contribution in [0.15, 0.2) is 182 Å². The fourth-order valence-electron chi connectivity index (χ4n) is 6.64. The fourth-order valence-corrected chi connectivity index (χ4v) is 6.64. The highest BCUT2D eigenvalue weighted by atomic mass is 14.2. The van der Waals surface area contributed by atoms with E-state index in [-0.39, 0.29) is 0 Å². The molecule has 0 bridgehead atoms. The number of hydrogen-bond donors (Lipinski definition) is 0. The van der Waals surface area contributed by atoms with Gasteiger partial charge in [0.25, 0.3) is 0 Å². The van der Waals surface area contributed by atoms with Gasteiger partial charge < -0.3 is 0 Å². The average Bonchev–Trinajstić information content (AvgIpc) is 3.11. The summed E-state index contributed by atoms with van der Waals surface area (Å²) in [4.78, 5) is 0. The smallest absolute Gasteiger partial charge is 0.00261 e. The quantitative estimate of drug-likeness (QED) is 0.184. The maximum absolute atomic E-state index is 2.40. The number of benzene rings is 8. The zero-order chi connectivity index (χ0) is 29.3. The Kier molecular flexibility index (Phi) is 6.59. The van der Waals surface area contributed by atoms with E-state index < -0.39 is 0 Å². The Hall–Kier alpha value is -5.72. The minimum atomic E-state index is 1.21. The molecule has 0 unspecified atom stereocenters.